The lowest BCUT2D eigenvalue weighted by Crippen LogP contribution is -2.03. The molecule has 3 rings (SSSR count). The van der Waals surface area contributed by atoms with Crippen LogP contribution in [0.25, 0.3) is 5.57 Å². The van der Waals surface area contributed by atoms with E-state index in [4.69, 9.17) is 0 Å². The Morgan fingerprint density at radius 3 is 1.80 bits per heavy atom. The van der Waals surface area contributed by atoms with Crippen molar-refractivity contribution >= 4 is 34.9 Å². The van der Waals surface area contributed by atoms with Gasteiger partial charge in [-0.05, 0) is 5.56 Å². The van der Waals surface area contributed by atoms with E-state index in [1.54, 1.807) is 23.5 Å². The maximum absolute atomic E-state index is 12.8. The summed E-state index contributed by atoms with van der Waals surface area (Å²) in [4.78, 5) is 12.8. The molecule has 0 amide bonds. The van der Waals surface area contributed by atoms with E-state index in [-0.39, 0.29) is 5.78 Å². The van der Waals surface area contributed by atoms with Gasteiger partial charge in [0.15, 0.2) is 5.78 Å². The lowest BCUT2D eigenvalue weighted by atomic mass is 9.98. The summed E-state index contributed by atoms with van der Waals surface area (Å²) in [5.41, 5.74) is 2.62. The van der Waals surface area contributed by atoms with Crippen LogP contribution in [0.1, 0.15) is 15.9 Å². The van der Waals surface area contributed by atoms with Gasteiger partial charge in [-0.3, -0.25) is 4.79 Å². The predicted octanol–water partition coefficient (Wildman–Crippen LogP) is 4.72. The number of hydrogen-bond donors (Lipinski definition) is 0. The van der Waals surface area contributed by atoms with Crippen molar-refractivity contribution in [1.29, 1.82) is 0 Å². The Hall–Kier alpha value is -1.45. The normalized spacial score (nSPS) is 14.3. The molecule has 0 bridgehead atoms. The Kier molecular flexibility index (Phi) is 4.28. The van der Waals surface area contributed by atoms with Crippen LogP contribution < -0.4 is 0 Å². The molecule has 2 aromatic carbocycles. The minimum absolute atomic E-state index is 0.119. The van der Waals surface area contributed by atoms with E-state index in [9.17, 15) is 4.79 Å². The van der Waals surface area contributed by atoms with Crippen LogP contribution in [0.2, 0.25) is 0 Å². The highest BCUT2D eigenvalue weighted by Gasteiger charge is 2.22. The first-order chi connectivity index (χ1) is 9.86. The van der Waals surface area contributed by atoms with Crippen molar-refractivity contribution < 1.29 is 4.79 Å². The Balaban J connectivity index is 2.08. The quantitative estimate of drug-likeness (QED) is 0.603. The molecule has 0 spiro atoms. The van der Waals surface area contributed by atoms with E-state index in [1.165, 1.54) is 0 Å². The van der Waals surface area contributed by atoms with Crippen molar-refractivity contribution in [2.45, 2.75) is 0 Å². The minimum Gasteiger partial charge on any atom is -0.289 e. The van der Waals surface area contributed by atoms with Gasteiger partial charge in [0.2, 0.25) is 0 Å². The van der Waals surface area contributed by atoms with Crippen LogP contribution in [-0.2, 0) is 0 Å². The van der Waals surface area contributed by atoms with Crippen LogP contribution in [0.4, 0.5) is 0 Å². The van der Waals surface area contributed by atoms with Gasteiger partial charge in [0.05, 0.1) is 4.24 Å². The van der Waals surface area contributed by atoms with Crippen LogP contribution in [-0.4, -0.2) is 17.3 Å². The van der Waals surface area contributed by atoms with E-state index >= 15 is 0 Å². The van der Waals surface area contributed by atoms with E-state index in [1.807, 2.05) is 60.7 Å². The van der Waals surface area contributed by atoms with E-state index in [2.05, 4.69) is 0 Å². The predicted molar refractivity (Wildman–Crippen MR) is 89.1 cm³/mol. The molecule has 0 N–H and O–H groups in total. The maximum atomic E-state index is 12.8. The fraction of sp³-hybridized carbons (Fsp3) is 0.118. The third-order valence-corrected chi connectivity index (χ3v) is 5.79. The fourth-order valence-electron chi connectivity index (χ4n) is 2.14. The largest absolute Gasteiger partial charge is 0.289 e. The molecule has 0 aromatic heterocycles. The molecule has 0 aliphatic carbocycles. The zero-order valence-corrected chi connectivity index (χ0v) is 12.5. The molecule has 0 atom stereocenters. The van der Waals surface area contributed by atoms with Crippen molar-refractivity contribution in [3.05, 3.63) is 76.0 Å². The molecule has 1 aliphatic rings. The summed E-state index contributed by atoms with van der Waals surface area (Å²) in [6, 6.07) is 19.5. The van der Waals surface area contributed by atoms with Gasteiger partial charge in [-0.2, -0.15) is 0 Å². The average molecular weight is 298 g/mol. The number of Topliss-reactive ketones (excluding diaryl/α,β-unsaturated/α-hetero) is 1. The maximum Gasteiger partial charge on any atom is 0.195 e. The third kappa shape index (κ3) is 2.84. The second-order valence-corrected chi connectivity index (χ2v) is 6.89. The number of allylic oxidation sites excluding steroid dienone is 1. The van der Waals surface area contributed by atoms with E-state index in [0.717, 1.165) is 32.4 Å². The van der Waals surface area contributed by atoms with Crippen LogP contribution in [0, 0.1) is 0 Å². The van der Waals surface area contributed by atoms with Gasteiger partial charge < -0.3 is 0 Å². The number of rotatable bonds is 3. The molecule has 20 heavy (non-hydrogen) atoms. The molecular weight excluding hydrogens is 284 g/mol. The number of benzene rings is 2. The number of hydrogen-bond acceptors (Lipinski definition) is 3. The van der Waals surface area contributed by atoms with E-state index < -0.39 is 0 Å². The first-order valence-corrected chi connectivity index (χ1v) is 8.48. The summed E-state index contributed by atoms with van der Waals surface area (Å²) in [5, 5.41) is 0. The van der Waals surface area contributed by atoms with E-state index in [0.29, 0.717) is 0 Å². The smallest absolute Gasteiger partial charge is 0.195 e. The molecule has 1 nitrogen and oxygen atoms in total. The van der Waals surface area contributed by atoms with Crippen molar-refractivity contribution in [3.8, 4) is 0 Å². The summed E-state index contributed by atoms with van der Waals surface area (Å²) in [6.45, 7) is 0. The highest BCUT2D eigenvalue weighted by Crippen LogP contribution is 2.42. The summed E-state index contributed by atoms with van der Waals surface area (Å²) >= 11 is 3.58. The second kappa shape index (κ2) is 6.33. The number of carbonyl (C=O) groups is 1. The Morgan fingerprint density at radius 1 is 0.750 bits per heavy atom. The lowest BCUT2D eigenvalue weighted by molar-refractivity contribution is 0.105. The fourth-order valence-corrected chi connectivity index (χ4v) is 4.72. The molecule has 0 unspecified atom stereocenters. The molecule has 3 heteroatoms. The first-order valence-electron chi connectivity index (χ1n) is 6.51. The van der Waals surface area contributed by atoms with Gasteiger partial charge in [-0.1, -0.05) is 60.7 Å². The monoisotopic (exact) mass is 298 g/mol. The van der Waals surface area contributed by atoms with Crippen molar-refractivity contribution in [1.82, 2.24) is 0 Å². The summed E-state index contributed by atoms with van der Waals surface area (Å²) in [7, 11) is 0. The Morgan fingerprint density at radius 2 is 1.25 bits per heavy atom. The van der Waals surface area contributed by atoms with Gasteiger partial charge in [-0.25, -0.2) is 0 Å². The van der Waals surface area contributed by atoms with Crippen LogP contribution in [0.5, 0.6) is 0 Å². The number of carbonyl (C=O) groups excluding carboxylic acids is 1. The van der Waals surface area contributed by atoms with Gasteiger partial charge >= 0.3 is 0 Å². The lowest BCUT2D eigenvalue weighted by Gasteiger charge is -2.10. The first kappa shape index (κ1) is 13.5. The summed E-state index contributed by atoms with van der Waals surface area (Å²) in [5.74, 6) is 2.28. The second-order valence-electron chi connectivity index (χ2n) is 4.42. The standard InChI is InChI=1S/C17H14OS2/c18-16(14-9-5-2-6-10-14)15(17-19-11-12-20-17)13-7-3-1-4-8-13/h1-10H,11-12H2. The Labute approximate surface area is 127 Å². The van der Waals surface area contributed by atoms with Crippen molar-refractivity contribution in [3.63, 3.8) is 0 Å². The van der Waals surface area contributed by atoms with Gasteiger partial charge in [0.1, 0.15) is 0 Å². The zero-order chi connectivity index (χ0) is 13.8. The zero-order valence-electron chi connectivity index (χ0n) is 10.9. The summed E-state index contributed by atoms with van der Waals surface area (Å²) < 4.78 is 1.16. The molecule has 1 heterocycles. The van der Waals surface area contributed by atoms with Gasteiger partial charge in [0.25, 0.3) is 0 Å². The van der Waals surface area contributed by atoms with Gasteiger partial charge in [0, 0.05) is 22.6 Å². The number of thioether (sulfide) groups is 2. The van der Waals surface area contributed by atoms with Crippen LogP contribution >= 0.6 is 23.5 Å². The van der Waals surface area contributed by atoms with Crippen molar-refractivity contribution in [2.75, 3.05) is 11.5 Å². The third-order valence-electron chi connectivity index (χ3n) is 3.08. The Bertz CT molecular complexity index is 625. The molecule has 1 saturated heterocycles. The van der Waals surface area contributed by atoms with Crippen molar-refractivity contribution in [2.24, 2.45) is 0 Å². The number of ketones is 1. The summed E-state index contributed by atoms with van der Waals surface area (Å²) in [6.07, 6.45) is 0. The highest BCUT2D eigenvalue weighted by molar-refractivity contribution is 8.25. The van der Waals surface area contributed by atoms with Gasteiger partial charge in [-0.15, -0.1) is 23.5 Å². The van der Waals surface area contributed by atoms with Crippen LogP contribution in [0.3, 0.4) is 0 Å². The molecule has 100 valence electrons. The molecule has 0 saturated carbocycles. The SMILES string of the molecule is O=C(C(=C1SCCS1)c1ccccc1)c1ccccc1. The molecule has 2 aromatic rings. The highest BCUT2D eigenvalue weighted by atomic mass is 32.2. The minimum atomic E-state index is 0.119. The molecule has 1 fully saturated rings. The molecule has 0 radical (unpaired) electrons. The topological polar surface area (TPSA) is 17.1 Å². The molecular formula is C17H14OS2. The van der Waals surface area contributed by atoms with Crippen LogP contribution in [0.15, 0.2) is 64.9 Å². The molecule has 1 aliphatic heterocycles. The average Bonchev–Trinajstić information content (AvgIpc) is 3.03.